The number of amides is 2. The fraction of sp³-hybridized carbons (Fsp3) is 0.536. The van der Waals surface area contributed by atoms with E-state index in [4.69, 9.17) is 21.1 Å². The Hall–Kier alpha value is -3.18. The van der Waals surface area contributed by atoms with Gasteiger partial charge in [-0.3, -0.25) is 4.79 Å². The van der Waals surface area contributed by atoms with Gasteiger partial charge in [-0.2, -0.15) is 0 Å². The van der Waals surface area contributed by atoms with E-state index in [1.807, 2.05) is 13.8 Å². The van der Waals surface area contributed by atoms with Crippen LogP contribution in [0, 0.1) is 11.6 Å². The Morgan fingerprint density at radius 3 is 2.60 bits per heavy atom. The van der Waals surface area contributed by atoms with Crippen molar-refractivity contribution < 1.29 is 33.0 Å². The molecule has 1 aromatic heterocycles. The van der Waals surface area contributed by atoms with Gasteiger partial charge in [-0.15, -0.1) is 0 Å². The van der Waals surface area contributed by atoms with Crippen molar-refractivity contribution in [2.45, 2.75) is 64.3 Å². The molecule has 1 aromatic carbocycles. The molecular formula is C28H33ClF2N4O5. The molecule has 2 saturated heterocycles. The summed E-state index contributed by atoms with van der Waals surface area (Å²) in [5.41, 5.74) is -1.47. The lowest BCUT2D eigenvalue weighted by Gasteiger charge is -2.40. The van der Waals surface area contributed by atoms with Gasteiger partial charge in [-0.25, -0.2) is 18.6 Å². The molecule has 2 aromatic rings. The zero-order valence-corrected chi connectivity index (χ0v) is 23.9. The zero-order valence-electron chi connectivity index (χ0n) is 23.1. The molecule has 3 aliphatic rings. The average molecular weight is 579 g/mol. The Morgan fingerprint density at radius 1 is 1.23 bits per heavy atom. The molecule has 0 radical (unpaired) electrons. The van der Waals surface area contributed by atoms with Crippen molar-refractivity contribution in [2.75, 3.05) is 37.7 Å². The summed E-state index contributed by atoms with van der Waals surface area (Å²) in [5.74, 6) is -2.44. The number of aromatic nitrogens is 1. The number of hydrogen-bond acceptors (Lipinski definition) is 7. The predicted octanol–water partition coefficient (Wildman–Crippen LogP) is 4.48. The minimum absolute atomic E-state index is 0.00168. The summed E-state index contributed by atoms with van der Waals surface area (Å²) in [6.07, 6.45) is -0.773. The second-order valence-electron chi connectivity index (χ2n) is 12.1. The number of halogens is 3. The molecule has 4 heterocycles. The highest BCUT2D eigenvalue weighted by atomic mass is 35.5. The van der Waals surface area contributed by atoms with Crippen molar-refractivity contribution in [1.82, 2.24) is 14.8 Å². The number of anilines is 1. The number of carbonyl (C=O) groups is 2. The van der Waals surface area contributed by atoms with Crippen LogP contribution < -0.4 is 9.64 Å². The van der Waals surface area contributed by atoms with E-state index in [0.29, 0.717) is 6.42 Å². The molecular weight excluding hydrogens is 546 g/mol. The third-order valence-corrected chi connectivity index (χ3v) is 7.78. The van der Waals surface area contributed by atoms with Gasteiger partial charge < -0.3 is 29.3 Å². The largest absolute Gasteiger partial charge is 0.489 e. The number of aliphatic hydroxyl groups is 1. The van der Waals surface area contributed by atoms with Crippen molar-refractivity contribution in [3.63, 3.8) is 0 Å². The highest BCUT2D eigenvalue weighted by Gasteiger charge is 2.45. The van der Waals surface area contributed by atoms with E-state index < -0.39 is 46.9 Å². The number of aliphatic hydroxyl groups excluding tert-OH is 1. The molecule has 0 saturated carbocycles. The minimum atomic E-state index is -1.13. The number of ether oxygens (including phenoxy) is 2. The normalized spacial score (nSPS) is 22.4. The molecule has 216 valence electrons. The fourth-order valence-corrected chi connectivity index (χ4v) is 5.87. The minimum Gasteiger partial charge on any atom is -0.489 e. The lowest BCUT2D eigenvalue weighted by atomic mass is 10.00. The molecule has 2 fully saturated rings. The first-order valence-corrected chi connectivity index (χ1v) is 13.6. The van der Waals surface area contributed by atoms with Crippen LogP contribution in [-0.2, 0) is 4.74 Å². The highest BCUT2D eigenvalue weighted by Crippen LogP contribution is 2.46. The van der Waals surface area contributed by atoms with Gasteiger partial charge in [0, 0.05) is 37.3 Å². The van der Waals surface area contributed by atoms with E-state index in [-0.39, 0.29) is 66.2 Å². The van der Waals surface area contributed by atoms with Crippen molar-refractivity contribution in [3.8, 4) is 17.0 Å². The summed E-state index contributed by atoms with van der Waals surface area (Å²) in [6.45, 7) is 9.96. The fourth-order valence-electron chi connectivity index (χ4n) is 5.58. The number of nitrogens with zero attached hydrogens (tertiary/aromatic N) is 4. The number of hydrogen-bond donors (Lipinski definition) is 1. The number of piperazine rings is 1. The highest BCUT2D eigenvalue weighted by molar-refractivity contribution is 6.35. The summed E-state index contributed by atoms with van der Waals surface area (Å²) >= 11 is 6.75. The monoisotopic (exact) mass is 578 g/mol. The summed E-state index contributed by atoms with van der Waals surface area (Å²) in [6, 6.07) is 3.17. The van der Waals surface area contributed by atoms with Crippen LogP contribution in [0.2, 0.25) is 5.02 Å². The lowest BCUT2D eigenvalue weighted by Crippen LogP contribution is -2.58. The van der Waals surface area contributed by atoms with Crippen LogP contribution in [0.15, 0.2) is 18.2 Å². The van der Waals surface area contributed by atoms with Crippen molar-refractivity contribution in [3.05, 3.63) is 40.4 Å². The summed E-state index contributed by atoms with van der Waals surface area (Å²) < 4.78 is 40.9. The Morgan fingerprint density at radius 2 is 1.95 bits per heavy atom. The molecule has 9 nitrogen and oxygen atoms in total. The first-order chi connectivity index (χ1) is 18.7. The van der Waals surface area contributed by atoms with Gasteiger partial charge in [-0.1, -0.05) is 17.7 Å². The Labute approximate surface area is 236 Å². The molecule has 0 spiro atoms. The van der Waals surface area contributed by atoms with Gasteiger partial charge in [0.15, 0.2) is 17.4 Å². The van der Waals surface area contributed by atoms with Crippen LogP contribution in [0.4, 0.5) is 19.4 Å². The van der Waals surface area contributed by atoms with E-state index >= 15 is 0 Å². The third kappa shape index (κ3) is 5.05. The van der Waals surface area contributed by atoms with Gasteiger partial charge >= 0.3 is 6.09 Å². The van der Waals surface area contributed by atoms with Crippen LogP contribution in [0.1, 0.15) is 51.4 Å². The molecule has 0 bridgehead atoms. The standard InChI is InChI=1S/C28H33ClF2N4O5/c1-27(2,3)40-26(38)33-9-10-34-15(12-33)14-39-23-19(25(34)37)24(35-13-16(36)11-28(35,4)5)32-22(20(23)29)17-7-6-8-18(30)21(17)31/h6-8,15-16,36H,9-14H2,1-5H3. The topological polar surface area (TPSA) is 95.4 Å². The second kappa shape index (κ2) is 10.0. The smallest absolute Gasteiger partial charge is 0.410 e. The molecule has 3 aliphatic heterocycles. The van der Waals surface area contributed by atoms with Gasteiger partial charge in [-0.05, 0) is 53.2 Å². The number of carbonyl (C=O) groups excluding carboxylic acids is 2. The van der Waals surface area contributed by atoms with Gasteiger partial charge in [0.1, 0.15) is 28.6 Å². The van der Waals surface area contributed by atoms with Crippen LogP contribution in [0.25, 0.3) is 11.3 Å². The number of pyridine rings is 1. The van der Waals surface area contributed by atoms with Gasteiger partial charge in [0.2, 0.25) is 0 Å². The average Bonchev–Trinajstić information content (AvgIpc) is 3.05. The first-order valence-electron chi connectivity index (χ1n) is 13.2. The summed E-state index contributed by atoms with van der Waals surface area (Å²) in [7, 11) is 0. The SMILES string of the molecule is CC(C)(C)OC(=O)N1CCN2C(=O)c3c(N4CC(O)CC4(C)C)nc(-c4cccc(F)c4F)c(Cl)c3OCC2C1. The quantitative estimate of drug-likeness (QED) is 0.561. The van der Waals surface area contributed by atoms with Crippen LogP contribution >= 0.6 is 11.6 Å². The molecule has 2 unspecified atom stereocenters. The van der Waals surface area contributed by atoms with Crippen LogP contribution in [0.3, 0.4) is 0 Å². The van der Waals surface area contributed by atoms with Crippen molar-refractivity contribution in [1.29, 1.82) is 0 Å². The van der Waals surface area contributed by atoms with Crippen molar-refractivity contribution in [2.24, 2.45) is 0 Å². The second-order valence-corrected chi connectivity index (χ2v) is 12.5. The van der Waals surface area contributed by atoms with Gasteiger partial charge in [0.05, 0.1) is 17.8 Å². The predicted molar refractivity (Wildman–Crippen MR) is 145 cm³/mol. The maximum absolute atomic E-state index is 15.0. The zero-order chi connectivity index (χ0) is 29.1. The molecule has 2 atom stereocenters. The number of fused-ring (bicyclic) bond motifs is 2. The Kier molecular flexibility index (Phi) is 7.11. The van der Waals surface area contributed by atoms with E-state index in [1.54, 1.807) is 30.6 Å². The van der Waals surface area contributed by atoms with E-state index in [0.717, 1.165) is 6.07 Å². The number of β-amino-alcohol motifs (C(OH)–C–C–N with tert-alkyl or cyclic N) is 1. The molecule has 5 rings (SSSR count). The molecule has 1 N–H and O–H groups in total. The number of benzene rings is 1. The lowest BCUT2D eigenvalue weighted by molar-refractivity contribution is 0.000952. The Bertz CT molecular complexity index is 1370. The van der Waals surface area contributed by atoms with E-state index in [2.05, 4.69) is 4.98 Å². The van der Waals surface area contributed by atoms with Crippen LogP contribution in [0.5, 0.6) is 5.75 Å². The maximum atomic E-state index is 15.0. The molecule has 12 heteroatoms. The van der Waals surface area contributed by atoms with E-state index in [1.165, 1.54) is 17.0 Å². The van der Waals surface area contributed by atoms with E-state index in [9.17, 15) is 23.5 Å². The number of rotatable bonds is 2. The maximum Gasteiger partial charge on any atom is 0.410 e. The summed E-state index contributed by atoms with van der Waals surface area (Å²) in [5, 5.41) is 10.4. The molecule has 40 heavy (non-hydrogen) atoms. The molecule has 0 aliphatic carbocycles. The van der Waals surface area contributed by atoms with Crippen LogP contribution in [-0.4, -0.2) is 88.0 Å². The Balaban J connectivity index is 1.61. The van der Waals surface area contributed by atoms with Crippen molar-refractivity contribution >= 4 is 29.4 Å². The van der Waals surface area contributed by atoms with Gasteiger partial charge in [0.25, 0.3) is 5.91 Å². The summed E-state index contributed by atoms with van der Waals surface area (Å²) in [4.78, 5) is 36.5. The third-order valence-electron chi connectivity index (χ3n) is 7.43. The molecule has 2 amide bonds. The first kappa shape index (κ1) is 28.4.